The second kappa shape index (κ2) is 4.96. The van der Waals surface area contributed by atoms with Crippen molar-refractivity contribution in [2.75, 3.05) is 12.4 Å². The van der Waals surface area contributed by atoms with Crippen LogP contribution in [0.25, 0.3) is 0 Å². The summed E-state index contributed by atoms with van der Waals surface area (Å²) in [6, 6.07) is 6.38. The van der Waals surface area contributed by atoms with Crippen LogP contribution < -0.4 is 5.32 Å². The Bertz CT molecular complexity index is 655. The van der Waals surface area contributed by atoms with Crippen LogP contribution in [-0.2, 0) is 10.2 Å². The Balaban J connectivity index is 2.27. The van der Waals surface area contributed by atoms with E-state index in [-0.39, 0.29) is 23.0 Å². The van der Waals surface area contributed by atoms with Gasteiger partial charge in [0.1, 0.15) is 6.17 Å². The molecule has 1 amide bonds. The highest BCUT2D eigenvalue weighted by molar-refractivity contribution is 9.10. The predicted octanol–water partition coefficient (Wildman–Crippen LogP) is 4.20. The van der Waals surface area contributed by atoms with Crippen LogP contribution in [0, 0.1) is 0 Å². The number of carbonyl (C=O) groups excluding carboxylic acids is 1. The van der Waals surface area contributed by atoms with Crippen molar-refractivity contribution in [2.24, 2.45) is 0 Å². The van der Waals surface area contributed by atoms with E-state index in [1.807, 2.05) is 18.0 Å². The van der Waals surface area contributed by atoms with Crippen LogP contribution in [-0.4, -0.2) is 32.1 Å². The third-order valence-electron chi connectivity index (χ3n) is 5.11. The standard InChI is InChI=1S/C17H23BrN2OSi/c1-6-9-17-12-8-7-11(18)10-13(12)19-16(17)20(2)15(21)14(17)22(3,4)5/h6-8,10,14,16,19H,1,9H2,2-5H3/t14-,16+,17-/m1/s1. The molecule has 3 nitrogen and oxygen atoms in total. The van der Waals surface area contributed by atoms with E-state index in [2.05, 4.69) is 65.7 Å². The van der Waals surface area contributed by atoms with Gasteiger partial charge in [0, 0.05) is 28.2 Å². The fourth-order valence-corrected chi connectivity index (χ4v) is 7.78. The highest BCUT2D eigenvalue weighted by Gasteiger charge is 2.65. The second-order valence-corrected chi connectivity index (χ2v) is 13.7. The molecule has 0 radical (unpaired) electrons. The van der Waals surface area contributed by atoms with Gasteiger partial charge in [0.2, 0.25) is 5.91 Å². The van der Waals surface area contributed by atoms with Crippen molar-refractivity contribution in [3.05, 3.63) is 40.9 Å². The average Bonchev–Trinajstić information content (AvgIpc) is 2.80. The van der Waals surface area contributed by atoms with Gasteiger partial charge in [-0.05, 0) is 24.1 Å². The fraction of sp³-hybridized carbons (Fsp3) is 0.471. The van der Waals surface area contributed by atoms with E-state index < -0.39 is 8.07 Å². The number of benzene rings is 1. The van der Waals surface area contributed by atoms with Crippen molar-refractivity contribution in [1.29, 1.82) is 0 Å². The Hall–Kier alpha value is -1.07. The number of amides is 1. The lowest BCUT2D eigenvalue weighted by Crippen LogP contribution is -2.47. The predicted molar refractivity (Wildman–Crippen MR) is 97.9 cm³/mol. The van der Waals surface area contributed by atoms with Gasteiger partial charge in [0.25, 0.3) is 0 Å². The Morgan fingerprint density at radius 3 is 2.73 bits per heavy atom. The molecular weight excluding hydrogens is 356 g/mol. The van der Waals surface area contributed by atoms with E-state index in [0.717, 1.165) is 16.6 Å². The first-order chi connectivity index (χ1) is 10.2. The first-order valence-corrected chi connectivity index (χ1v) is 12.0. The molecule has 3 rings (SSSR count). The number of nitrogens with zero attached hydrogens (tertiary/aromatic N) is 1. The van der Waals surface area contributed by atoms with Crippen molar-refractivity contribution in [2.45, 2.75) is 43.2 Å². The van der Waals surface area contributed by atoms with Crippen LogP contribution in [0.3, 0.4) is 0 Å². The van der Waals surface area contributed by atoms with Crippen molar-refractivity contribution in [3.8, 4) is 0 Å². The molecule has 1 saturated heterocycles. The van der Waals surface area contributed by atoms with Gasteiger partial charge in [-0.2, -0.15) is 0 Å². The summed E-state index contributed by atoms with van der Waals surface area (Å²) in [5.74, 6) is 0.284. The van der Waals surface area contributed by atoms with Crippen LogP contribution >= 0.6 is 15.9 Å². The number of halogens is 1. The first kappa shape index (κ1) is 15.8. The maximum atomic E-state index is 13.0. The SMILES string of the molecule is C=CC[C@]12c3ccc(Br)cc3N[C@H]1N(C)C(=O)[C@H]2[Si](C)(C)C. The topological polar surface area (TPSA) is 32.3 Å². The molecule has 2 heterocycles. The van der Waals surface area contributed by atoms with E-state index in [0.29, 0.717) is 0 Å². The molecule has 2 aliphatic heterocycles. The van der Waals surface area contributed by atoms with E-state index in [1.54, 1.807) is 0 Å². The van der Waals surface area contributed by atoms with E-state index in [9.17, 15) is 4.79 Å². The number of allylic oxidation sites excluding steroid dienone is 1. The molecule has 0 aromatic heterocycles. The Morgan fingerprint density at radius 1 is 1.45 bits per heavy atom. The molecule has 0 unspecified atom stereocenters. The monoisotopic (exact) mass is 378 g/mol. The maximum absolute atomic E-state index is 13.0. The number of carbonyl (C=O) groups is 1. The van der Waals surface area contributed by atoms with Crippen molar-refractivity contribution >= 4 is 35.6 Å². The number of anilines is 1. The molecule has 0 aliphatic carbocycles. The van der Waals surface area contributed by atoms with Crippen molar-refractivity contribution < 1.29 is 4.79 Å². The minimum atomic E-state index is -1.70. The molecule has 0 bridgehead atoms. The Morgan fingerprint density at radius 2 is 2.14 bits per heavy atom. The van der Waals surface area contributed by atoms with Gasteiger partial charge >= 0.3 is 0 Å². The molecule has 22 heavy (non-hydrogen) atoms. The van der Waals surface area contributed by atoms with Gasteiger partial charge in [-0.15, -0.1) is 6.58 Å². The van der Waals surface area contributed by atoms with Crippen molar-refractivity contribution in [3.63, 3.8) is 0 Å². The zero-order valence-electron chi connectivity index (χ0n) is 13.6. The highest BCUT2D eigenvalue weighted by atomic mass is 79.9. The molecule has 118 valence electrons. The number of likely N-dealkylation sites (tertiary alicyclic amines) is 1. The summed E-state index contributed by atoms with van der Waals surface area (Å²) in [5, 5.41) is 3.59. The van der Waals surface area contributed by atoms with Gasteiger partial charge in [-0.1, -0.05) is 47.7 Å². The lowest BCUT2D eigenvalue weighted by Gasteiger charge is -2.39. The Kier molecular flexibility index (Phi) is 3.57. The average molecular weight is 379 g/mol. The number of fused-ring (bicyclic) bond motifs is 3. The molecule has 0 spiro atoms. The zero-order valence-corrected chi connectivity index (χ0v) is 16.2. The van der Waals surface area contributed by atoms with Crippen LogP contribution in [0.4, 0.5) is 5.69 Å². The molecule has 0 saturated carbocycles. The molecule has 1 aromatic rings. The quantitative estimate of drug-likeness (QED) is 0.631. The number of hydrogen-bond donors (Lipinski definition) is 1. The number of likely N-dealkylation sites (N-methyl/N-ethyl adjacent to an activating group) is 1. The highest BCUT2D eigenvalue weighted by Crippen LogP contribution is 2.59. The third kappa shape index (κ3) is 1.94. The summed E-state index contributed by atoms with van der Waals surface area (Å²) in [5.41, 5.74) is 2.30. The number of rotatable bonds is 3. The summed E-state index contributed by atoms with van der Waals surface area (Å²) in [6.07, 6.45) is 2.83. The van der Waals surface area contributed by atoms with Gasteiger partial charge in [0.05, 0.1) is 8.07 Å². The minimum absolute atomic E-state index is 0.0269. The third-order valence-corrected chi connectivity index (χ3v) is 8.10. The fourth-order valence-electron chi connectivity index (χ4n) is 4.49. The van der Waals surface area contributed by atoms with E-state index in [1.165, 1.54) is 5.56 Å². The molecule has 5 heteroatoms. The minimum Gasteiger partial charge on any atom is -0.364 e. The van der Waals surface area contributed by atoms with Gasteiger partial charge in [0.15, 0.2) is 0 Å². The largest absolute Gasteiger partial charge is 0.364 e. The Labute approximate surface area is 141 Å². The van der Waals surface area contributed by atoms with E-state index in [4.69, 9.17) is 0 Å². The molecular formula is C17H23BrN2OSi. The van der Waals surface area contributed by atoms with Crippen LogP contribution in [0.1, 0.15) is 12.0 Å². The molecule has 3 atom stereocenters. The lowest BCUT2D eigenvalue weighted by molar-refractivity contribution is -0.127. The summed E-state index contributed by atoms with van der Waals surface area (Å²) in [4.78, 5) is 14.9. The summed E-state index contributed by atoms with van der Waals surface area (Å²) >= 11 is 3.55. The van der Waals surface area contributed by atoms with Crippen molar-refractivity contribution in [1.82, 2.24) is 4.90 Å². The second-order valence-electron chi connectivity index (χ2n) is 7.52. The van der Waals surface area contributed by atoms with Crippen LogP contribution in [0.2, 0.25) is 25.2 Å². The number of hydrogen-bond acceptors (Lipinski definition) is 2. The zero-order chi connectivity index (χ0) is 16.3. The summed E-state index contributed by atoms with van der Waals surface area (Å²) in [7, 11) is 0.232. The number of nitrogens with one attached hydrogen (secondary N) is 1. The van der Waals surface area contributed by atoms with Gasteiger partial charge in [-0.3, -0.25) is 4.79 Å². The van der Waals surface area contributed by atoms with Gasteiger partial charge < -0.3 is 10.2 Å². The lowest BCUT2D eigenvalue weighted by atomic mass is 9.76. The molecule has 2 aliphatic rings. The first-order valence-electron chi connectivity index (χ1n) is 7.67. The molecule has 1 aromatic carbocycles. The summed E-state index contributed by atoms with van der Waals surface area (Å²) in [6.45, 7) is 10.9. The van der Waals surface area contributed by atoms with E-state index >= 15 is 0 Å². The molecule has 1 N–H and O–H groups in total. The normalized spacial score (nSPS) is 30.0. The van der Waals surface area contributed by atoms with Crippen LogP contribution in [0.5, 0.6) is 0 Å². The molecule has 1 fully saturated rings. The summed E-state index contributed by atoms with van der Waals surface area (Å²) < 4.78 is 1.06. The van der Waals surface area contributed by atoms with Crippen LogP contribution in [0.15, 0.2) is 35.3 Å². The van der Waals surface area contributed by atoms with Gasteiger partial charge in [-0.25, -0.2) is 0 Å². The maximum Gasteiger partial charge on any atom is 0.225 e. The smallest absolute Gasteiger partial charge is 0.225 e.